The first-order chi connectivity index (χ1) is 6.50. The Balaban J connectivity index is 2.50. The molecule has 1 heterocycles. The average Bonchev–Trinajstić information content (AvgIpc) is 2.44. The Hall–Kier alpha value is -0.590. The molecule has 1 aliphatic heterocycles. The van der Waals surface area contributed by atoms with Crippen LogP contribution in [0.15, 0.2) is 24.3 Å². The maximum absolute atomic E-state index is 12.5. The van der Waals surface area contributed by atoms with E-state index in [1.807, 2.05) is 0 Å². The van der Waals surface area contributed by atoms with E-state index in [-0.39, 0.29) is 19.3 Å². The summed E-state index contributed by atoms with van der Waals surface area (Å²) in [5, 5.41) is 0. The number of carbonyl (C=O) groups is 1. The van der Waals surface area contributed by atoms with E-state index < -0.39 is 24.0 Å². The van der Waals surface area contributed by atoms with Crippen molar-refractivity contribution in [3.8, 4) is 0 Å². The van der Waals surface area contributed by atoms with Crippen LogP contribution >= 0.6 is 19.8 Å². The van der Waals surface area contributed by atoms with Gasteiger partial charge in [0.15, 0.2) is 0 Å². The fraction of sp³-hybridized carbons (Fsp3) is 0.222. The molecule has 1 aromatic rings. The molecular formula is C9H6F3IO. The minimum absolute atomic E-state index is 0.272. The number of Topliss-reactive ketones (excluding diaryl/α,β-unsaturated/α-hetero) is 1. The minimum atomic E-state index is -4.16. The van der Waals surface area contributed by atoms with Crippen LogP contribution in [0.1, 0.15) is 10.4 Å². The zero-order chi connectivity index (χ0) is 10.3. The zero-order valence-electron chi connectivity index (χ0n) is 6.94. The monoisotopic (exact) mass is 314 g/mol. The molecule has 1 aliphatic rings. The van der Waals surface area contributed by atoms with Gasteiger partial charge >= 0.3 is 85.6 Å². The molecule has 0 unspecified atom stereocenters. The Morgan fingerprint density at radius 3 is 2.50 bits per heavy atom. The summed E-state index contributed by atoms with van der Waals surface area (Å²) in [7, 11) is 0. The van der Waals surface area contributed by atoms with Crippen LogP contribution < -0.4 is 0 Å². The van der Waals surface area contributed by atoms with Crippen molar-refractivity contribution < 1.29 is 18.0 Å². The number of carbonyl (C=O) groups excluding carboxylic acids is 1. The van der Waals surface area contributed by atoms with Crippen molar-refractivity contribution >= 4 is 25.6 Å². The molecule has 0 atom stereocenters. The fourth-order valence-electron chi connectivity index (χ4n) is 1.34. The van der Waals surface area contributed by atoms with Crippen molar-refractivity contribution in [2.75, 3.05) is 4.43 Å². The van der Waals surface area contributed by atoms with Gasteiger partial charge in [0.1, 0.15) is 0 Å². The van der Waals surface area contributed by atoms with Gasteiger partial charge in [0.05, 0.1) is 0 Å². The molecule has 0 spiro atoms. The van der Waals surface area contributed by atoms with Gasteiger partial charge in [-0.05, 0) is 0 Å². The molecule has 0 aliphatic carbocycles. The first kappa shape index (κ1) is 9.95. The predicted octanol–water partition coefficient (Wildman–Crippen LogP) is 3.08. The van der Waals surface area contributed by atoms with E-state index in [1.165, 1.54) is 12.1 Å². The second-order valence-electron chi connectivity index (χ2n) is 2.83. The van der Waals surface area contributed by atoms with Gasteiger partial charge in [0.2, 0.25) is 0 Å². The second-order valence-corrected chi connectivity index (χ2v) is 8.04. The van der Waals surface area contributed by atoms with E-state index in [9.17, 15) is 18.0 Å². The molecule has 0 amide bonds. The Morgan fingerprint density at radius 2 is 1.86 bits per heavy atom. The summed E-state index contributed by atoms with van der Waals surface area (Å²) in [6.45, 7) is 0. The van der Waals surface area contributed by atoms with Crippen LogP contribution in [0.5, 0.6) is 0 Å². The van der Waals surface area contributed by atoms with Crippen molar-refractivity contribution in [1.82, 2.24) is 0 Å². The van der Waals surface area contributed by atoms with Crippen LogP contribution in [0, 0.1) is 3.57 Å². The predicted molar refractivity (Wildman–Crippen MR) is 54.4 cm³/mol. The summed E-state index contributed by atoms with van der Waals surface area (Å²) in [5.74, 6) is -0.344. The topological polar surface area (TPSA) is 17.1 Å². The second kappa shape index (κ2) is 3.22. The van der Waals surface area contributed by atoms with Gasteiger partial charge in [-0.1, -0.05) is 0 Å². The van der Waals surface area contributed by atoms with Crippen molar-refractivity contribution in [2.24, 2.45) is 0 Å². The third-order valence-electron chi connectivity index (χ3n) is 1.93. The van der Waals surface area contributed by atoms with E-state index in [0.29, 0.717) is 0 Å². The standard InChI is InChI=1S/C9H6F3IO/c10-9(11,12)13-5-8(14)6-3-1-2-4-7(6)13/h1-4H,5H2. The van der Waals surface area contributed by atoms with Crippen LogP contribution in [0.25, 0.3) is 0 Å². The fourth-order valence-corrected chi connectivity index (χ4v) is 5.77. The molecule has 2 rings (SSSR count). The number of alkyl halides is 5. The number of fused-ring (bicyclic) bond motifs is 1. The molecule has 0 N–H and O–H groups in total. The van der Waals surface area contributed by atoms with Gasteiger partial charge in [0.25, 0.3) is 0 Å². The molecule has 14 heavy (non-hydrogen) atoms. The van der Waals surface area contributed by atoms with Gasteiger partial charge < -0.3 is 0 Å². The van der Waals surface area contributed by atoms with E-state index >= 15 is 0 Å². The summed E-state index contributed by atoms with van der Waals surface area (Å²) in [4.78, 5) is 11.3. The van der Waals surface area contributed by atoms with Gasteiger partial charge in [0, 0.05) is 0 Å². The number of benzene rings is 1. The molecule has 0 saturated heterocycles. The molecule has 76 valence electrons. The Morgan fingerprint density at radius 1 is 1.21 bits per heavy atom. The van der Waals surface area contributed by atoms with Crippen LogP contribution in [-0.4, -0.2) is 14.4 Å². The molecule has 0 aromatic heterocycles. The average molecular weight is 314 g/mol. The van der Waals surface area contributed by atoms with Crippen LogP contribution in [0.3, 0.4) is 0 Å². The molecular weight excluding hydrogens is 308 g/mol. The van der Waals surface area contributed by atoms with Crippen LogP contribution in [0.4, 0.5) is 13.2 Å². The molecule has 0 radical (unpaired) electrons. The number of halogens is 4. The molecule has 5 heteroatoms. The van der Waals surface area contributed by atoms with E-state index in [0.717, 1.165) is 0 Å². The molecule has 1 nitrogen and oxygen atoms in total. The van der Waals surface area contributed by atoms with Gasteiger partial charge in [-0.25, -0.2) is 0 Å². The molecule has 1 aromatic carbocycles. The van der Waals surface area contributed by atoms with Crippen molar-refractivity contribution in [2.45, 2.75) is 4.18 Å². The molecule has 0 fully saturated rings. The normalized spacial score (nSPS) is 18.5. The van der Waals surface area contributed by atoms with Crippen LogP contribution in [0.2, 0.25) is 0 Å². The maximum atomic E-state index is 12.5. The number of hydrogen-bond donors (Lipinski definition) is 0. The number of hydrogen-bond acceptors (Lipinski definition) is 1. The van der Waals surface area contributed by atoms with Crippen molar-refractivity contribution in [3.63, 3.8) is 0 Å². The number of rotatable bonds is 0. The van der Waals surface area contributed by atoms with E-state index in [4.69, 9.17) is 0 Å². The summed E-state index contributed by atoms with van der Waals surface area (Å²) in [6.07, 6.45) is 0. The van der Waals surface area contributed by atoms with E-state index in [1.54, 1.807) is 12.1 Å². The third-order valence-corrected chi connectivity index (χ3v) is 7.21. The first-order valence-electron chi connectivity index (χ1n) is 3.85. The molecule has 0 saturated carbocycles. The summed E-state index contributed by atoms with van der Waals surface area (Å²) in [6, 6.07) is 6.10. The van der Waals surface area contributed by atoms with Gasteiger partial charge in [-0.2, -0.15) is 0 Å². The van der Waals surface area contributed by atoms with Crippen molar-refractivity contribution in [3.05, 3.63) is 33.4 Å². The quantitative estimate of drug-likeness (QED) is 0.531. The van der Waals surface area contributed by atoms with E-state index in [2.05, 4.69) is 0 Å². The first-order valence-corrected chi connectivity index (χ1v) is 7.53. The Bertz CT molecular complexity index is 386. The Labute approximate surface area is 85.7 Å². The summed E-state index contributed by atoms with van der Waals surface area (Å²) >= 11 is -3.26. The third kappa shape index (κ3) is 1.53. The van der Waals surface area contributed by atoms with Gasteiger partial charge in [-0.15, -0.1) is 0 Å². The molecule has 0 bridgehead atoms. The van der Waals surface area contributed by atoms with Crippen LogP contribution in [-0.2, 0) is 0 Å². The summed E-state index contributed by atoms with van der Waals surface area (Å²) < 4.78 is 33.4. The van der Waals surface area contributed by atoms with Gasteiger partial charge in [-0.3, -0.25) is 0 Å². The summed E-state index contributed by atoms with van der Waals surface area (Å²) in [5.41, 5.74) is 0.287. The SMILES string of the molecule is O=C1CI(C(F)(F)F)c2ccccc21. The van der Waals surface area contributed by atoms with Crippen molar-refractivity contribution in [1.29, 1.82) is 0 Å². The Kier molecular flexibility index (Phi) is 2.29. The number of ketones is 1. The zero-order valence-corrected chi connectivity index (χ0v) is 9.09.